The van der Waals surface area contributed by atoms with Crippen LogP contribution in [0.2, 0.25) is 0 Å². The molecule has 9 heteroatoms. The first-order valence-electron chi connectivity index (χ1n) is 9.57. The smallest absolute Gasteiger partial charge is 0.251 e. The summed E-state index contributed by atoms with van der Waals surface area (Å²) in [6.07, 6.45) is 0. The number of aliphatic imine (C=N–C) groups is 1. The van der Waals surface area contributed by atoms with Crippen LogP contribution in [0.3, 0.4) is 0 Å². The summed E-state index contributed by atoms with van der Waals surface area (Å²) in [5.74, 6) is 0.888. The second-order valence-corrected chi connectivity index (χ2v) is 10.8. The molecular formula is C21H23N3O4S2. The first-order valence-corrected chi connectivity index (χ1v) is 12.3. The molecule has 2 unspecified atom stereocenters. The second kappa shape index (κ2) is 8.31. The number of sulfone groups is 1. The monoisotopic (exact) mass is 445 g/mol. The number of rotatable bonds is 5. The van der Waals surface area contributed by atoms with Crippen LogP contribution >= 0.6 is 11.8 Å². The number of anilines is 1. The number of nitrogens with one attached hydrogen (secondary N) is 2. The maximum Gasteiger partial charge on any atom is 0.251 e. The predicted molar refractivity (Wildman–Crippen MR) is 120 cm³/mol. The predicted octanol–water partition coefficient (Wildman–Crippen LogP) is 2.61. The minimum atomic E-state index is -2.98. The van der Waals surface area contributed by atoms with E-state index in [9.17, 15) is 13.2 Å². The molecule has 2 heterocycles. The van der Waals surface area contributed by atoms with Crippen LogP contribution in [0, 0.1) is 6.92 Å². The third-order valence-electron chi connectivity index (χ3n) is 5.17. The highest BCUT2D eigenvalue weighted by Crippen LogP contribution is 2.35. The molecule has 0 aliphatic carbocycles. The standard InChI is InChI=1S/C21H23N3O4S2/c1-13-3-6-15(20(25)22-10-14-4-7-16(28-2)8-5-14)9-17(13)23-21-24-18-11-30(26,27)12-19(18)29-21/h3-9,18-19H,10-12H2,1-2H3,(H,22,25)(H,23,24). The lowest BCUT2D eigenvalue weighted by Crippen LogP contribution is -2.23. The summed E-state index contributed by atoms with van der Waals surface area (Å²) < 4.78 is 28.6. The van der Waals surface area contributed by atoms with Gasteiger partial charge in [-0.1, -0.05) is 30.0 Å². The average molecular weight is 446 g/mol. The SMILES string of the molecule is COc1ccc(CNC(=O)c2ccc(C)c(NC3=NC4CS(=O)(=O)CC4S3)c2)cc1. The van der Waals surface area contributed by atoms with Crippen molar-refractivity contribution in [3.05, 3.63) is 59.2 Å². The Balaban J connectivity index is 1.41. The van der Waals surface area contributed by atoms with Gasteiger partial charge in [-0.25, -0.2) is 8.42 Å². The molecule has 30 heavy (non-hydrogen) atoms. The van der Waals surface area contributed by atoms with Crippen LogP contribution in [-0.4, -0.2) is 49.4 Å². The van der Waals surface area contributed by atoms with Crippen molar-refractivity contribution in [3.8, 4) is 5.75 Å². The summed E-state index contributed by atoms with van der Waals surface area (Å²) in [6.45, 7) is 2.37. The quantitative estimate of drug-likeness (QED) is 0.734. The Labute approximate surface area is 180 Å². The van der Waals surface area contributed by atoms with Crippen molar-refractivity contribution in [1.82, 2.24) is 5.32 Å². The largest absolute Gasteiger partial charge is 0.497 e. The molecule has 2 aromatic rings. The van der Waals surface area contributed by atoms with E-state index in [1.54, 1.807) is 19.2 Å². The van der Waals surface area contributed by atoms with Gasteiger partial charge in [-0.3, -0.25) is 9.79 Å². The molecule has 0 saturated carbocycles. The fraction of sp³-hybridized carbons (Fsp3) is 0.333. The van der Waals surface area contributed by atoms with Gasteiger partial charge in [0.15, 0.2) is 15.0 Å². The number of benzene rings is 2. The van der Waals surface area contributed by atoms with Gasteiger partial charge in [-0.05, 0) is 42.3 Å². The molecule has 1 amide bonds. The molecule has 2 aromatic carbocycles. The number of methoxy groups -OCH3 is 1. The van der Waals surface area contributed by atoms with Gasteiger partial charge in [0.05, 0.1) is 24.7 Å². The lowest BCUT2D eigenvalue weighted by atomic mass is 10.1. The number of hydrogen-bond donors (Lipinski definition) is 2. The number of amides is 1. The first-order chi connectivity index (χ1) is 14.3. The van der Waals surface area contributed by atoms with Gasteiger partial charge in [0.1, 0.15) is 5.75 Å². The number of fused-ring (bicyclic) bond motifs is 1. The third-order valence-corrected chi connectivity index (χ3v) is 8.31. The number of hydrogen-bond acceptors (Lipinski definition) is 7. The van der Waals surface area contributed by atoms with E-state index in [1.165, 1.54) is 11.8 Å². The summed E-state index contributed by atoms with van der Waals surface area (Å²) in [6, 6.07) is 12.8. The van der Waals surface area contributed by atoms with Crippen LogP contribution in [0.5, 0.6) is 5.75 Å². The molecule has 1 saturated heterocycles. The lowest BCUT2D eigenvalue weighted by Gasteiger charge is -2.12. The van der Waals surface area contributed by atoms with Gasteiger partial charge < -0.3 is 15.4 Å². The zero-order valence-electron chi connectivity index (χ0n) is 16.7. The van der Waals surface area contributed by atoms with Gasteiger partial charge in [0.25, 0.3) is 5.91 Å². The fourth-order valence-electron chi connectivity index (χ4n) is 3.46. The molecule has 2 N–H and O–H groups in total. The fourth-order valence-corrected chi connectivity index (χ4v) is 7.12. The van der Waals surface area contributed by atoms with Crippen LogP contribution in [0.15, 0.2) is 47.5 Å². The van der Waals surface area contributed by atoms with Crippen LogP contribution in [0.25, 0.3) is 0 Å². The maximum absolute atomic E-state index is 12.6. The van der Waals surface area contributed by atoms with Crippen LogP contribution < -0.4 is 15.4 Å². The number of amidine groups is 1. The molecule has 7 nitrogen and oxygen atoms in total. The third kappa shape index (κ3) is 4.62. The van der Waals surface area contributed by atoms with Crippen molar-refractivity contribution in [3.63, 3.8) is 0 Å². The Bertz CT molecular complexity index is 1100. The Morgan fingerprint density at radius 3 is 2.67 bits per heavy atom. The Kier molecular flexibility index (Phi) is 5.75. The van der Waals surface area contributed by atoms with Crippen molar-refractivity contribution >= 4 is 38.4 Å². The number of nitrogens with zero attached hydrogens (tertiary/aromatic N) is 1. The summed E-state index contributed by atoms with van der Waals surface area (Å²) in [5.41, 5.74) is 3.30. The van der Waals surface area contributed by atoms with E-state index in [1.807, 2.05) is 37.3 Å². The number of thioether (sulfide) groups is 1. The molecule has 1 fully saturated rings. The van der Waals surface area contributed by atoms with Crippen molar-refractivity contribution in [2.45, 2.75) is 24.8 Å². The highest BCUT2D eigenvalue weighted by atomic mass is 32.2. The van der Waals surface area contributed by atoms with Crippen molar-refractivity contribution in [1.29, 1.82) is 0 Å². The minimum Gasteiger partial charge on any atom is -0.497 e. The van der Waals surface area contributed by atoms with Gasteiger partial charge in [-0.15, -0.1) is 0 Å². The van der Waals surface area contributed by atoms with Crippen LogP contribution in [0.4, 0.5) is 5.69 Å². The second-order valence-electron chi connectivity index (χ2n) is 7.42. The van der Waals surface area contributed by atoms with Crippen molar-refractivity contribution in [2.75, 3.05) is 23.9 Å². The van der Waals surface area contributed by atoms with E-state index in [2.05, 4.69) is 15.6 Å². The Hall–Kier alpha value is -2.52. The van der Waals surface area contributed by atoms with E-state index in [0.717, 1.165) is 22.6 Å². The molecule has 4 rings (SSSR count). The van der Waals surface area contributed by atoms with Gasteiger partial charge in [0, 0.05) is 23.0 Å². The van der Waals surface area contributed by atoms with E-state index in [-0.39, 0.29) is 28.7 Å². The Morgan fingerprint density at radius 1 is 1.20 bits per heavy atom. The molecule has 2 atom stereocenters. The molecule has 2 aliphatic heterocycles. The van der Waals surface area contributed by atoms with Gasteiger partial charge in [0.2, 0.25) is 0 Å². The van der Waals surface area contributed by atoms with E-state index in [4.69, 9.17) is 4.74 Å². The normalized spacial score (nSPS) is 21.6. The van der Waals surface area contributed by atoms with Crippen LogP contribution in [0.1, 0.15) is 21.5 Å². The highest BCUT2D eigenvalue weighted by Gasteiger charge is 2.42. The molecule has 0 aromatic heterocycles. The molecule has 0 radical (unpaired) electrons. The number of ether oxygens (including phenoxy) is 1. The molecule has 158 valence electrons. The summed E-state index contributed by atoms with van der Waals surface area (Å²) in [7, 11) is -1.36. The highest BCUT2D eigenvalue weighted by molar-refractivity contribution is 8.15. The van der Waals surface area contributed by atoms with E-state index >= 15 is 0 Å². The summed E-state index contributed by atoms with van der Waals surface area (Å²) in [4.78, 5) is 17.1. The van der Waals surface area contributed by atoms with Gasteiger partial charge >= 0.3 is 0 Å². The molecule has 0 spiro atoms. The maximum atomic E-state index is 12.6. The minimum absolute atomic E-state index is 0.0196. The number of aryl methyl sites for hydroxylation is 1. The van der Waals surface area contributed by atoms with Crippen molar-refractivity contribution in [2.24, 2.45) is 4.99 Å². The zero-order valence-corrected chi connectivity index (χ0v) is 18.3. The number of carbonyl (C=O) groups excluding carboxylic acids is 1. The first kappa shape index (κ1) is 20.7. The summed E-state index contributed by atoms with van der Waals surface area (Å²) >= 11 is 1.46. The van der Waals surface area contributed by atoms with E-state index in [0.29, 0.717) is 17.3 Å². The average Bonchev–Trinajstić information content (AvgIpc) is 3.20. The number of carbonyl (C=O) groups is 1. The summed E-state index contributed by atoms with van der Waals surface area (Å²) in [5, 5.41) is 6.88. The van der Waals surface area contributed by atoms with Crippen molar-refractivity contribution < 1.29 is 17.9 Å². The zero-order chi connectivity index (χ0) is 21.3. The lowest BCUT2D eigenvalue weighted by molar-refractivity contribution is 0.0951. The van der Waals surface area contributed by atoms with Crippen LogP contribution in [-0.2, 0) is 16.4 Å². The molecular weight excluding hydrogens is 422 g/mol. The Morgan fingerprint density at radius 2 is 1.97 bits per heavy atom. The molecule has 0 bridgehead atoms. The topological polar surface area (TPSA) is 96.9 Å². The molecule has 2 aliphatic rings. The van der Waals surface area contributed by atoms with E-state index < -0.39 is 9.84 Å². The van der Waals surface area contributed by atoms with Gasteiger partial charge in [-0.2, -0.15) is 0 Å².